The van der Waals surface area contributed by atoms with Gasteiger partial charge in [0, 0.05) is 24.8 Å². The van der Waals surface area contributed by atoms with Crippen LogP contribution in [-0.2, 0) is 0 Å². The quantitative estimate of drug-likeness (QED) is 0.853. The number of hydrogen-bond acceptors (Lipinski definition) is 5. The first kappa shape index (κ1) is 13.6. The maximum atomic E-state index is 9.13. The average molecular weight is 296 g/mol. The van der Waals surface area contributed by atoms with Crippen molar-refractivity contribution in [3.05, 3.63) is 17.0 Å². The molecule has 0 bridgehead atoms. The SMILES string of the molecule is Cc1c(Cl)nc2ncnn2c1N(CCCO)C1CCC1. The lowest BCUT2D eigenvalue weighted by molar-refractivity contribution is 0.282. The van der Waals surface area contributed by atoms with Crippen LogP contribution >= 0.6 is 11.6 Å². The van der Waals surface area contributed by atoms with Crippen molar-refractivity contribution in [2.45, 2.75) is 38.6 Å². The third-order valence-corrected chi connectivity index (χ3v) is 4.29. The van der Waals surface area contributed by atoms with E-state index in [1.54, 1.807) is 4.52 Å². The fourth-order valence-electron chi connectivity index (χ4n) is 2.62. The summed E-state index contributed by atoms with van der Waals surface area (Å²) in [6, 6.07) is 0.492. The molecule has 1 aliphatic carbocycles. The van der Waals surface area contributed by atoms with Crippen LogP contribution in [-0.4, -0.2) is 43.9 Å². The minimum absolute atomic E-state index is 0.182. The Bertz CT molecular complexity index is 610. The number of nitrogens with zero attached hydrogens (tertiary/aromatic N) is 5. The summed E-state index contributed by atoms with van der Waals surface area (Å²) in [4.78, 5) is 10.7. The number of hydrogen-bond donors (Lipinski definition) is 1. The molecule has 0 radical (unpaired) electrons. The van der Waals surface area contributed by atoms with E-state index < -0.39 is 0 Å². The highest BCUT2D eigenvalue weighted by Gasteiger charge is 2.28. The van der Waals surface area contributed by atoms with Crippen molar-refractivity contribution in [1.29, 1.82) is 0 Å². The predicted molar refractivity (Wildman–Crippen MR) is 77.2 cm³/mol. The summed E-state index contributed by atoms with van der Waals surface area (Å²) in [5, 5.41) is 13.9. The Morgan fingerprint density at radius 2 is 2.30 bits per heavy atom. The number of aliphatic hydroxyl groups is 1. The third-order valence-electron chi connectivity index (χ3n) is 3.92. The van der Waals surface area contributed by atoms with Gasteiger partial charge in [0.05, 0.1) is 0 Å². The van der Waals surface area contributed by atoms with Gasteiger partial charge in [0.2, 0.25) is 0 Å². The van der Waals surface area contributed by atoms with Crippen molar-refractivity contribution in [3.8, 4) is 0 Å². The first-order valence-electron chi connectivity index (χ1n) is 6.95. The molecule has 0 atom stereocenters. The van der Waals surface area contributed by atoms with Crippen LogP contribution in [0.4, 0.5) is 5.82 Å². The van der Waals surface area contributed by atoms with Crippen molar-refractivity contribution in [2.75, 3.05) is 18.1 Å². The van der Waals surface area contributed by atoms with Gasteiger partial charge in [-0.3, -0.25) is 0 Å². The number of anilines is 1. The van der Waals surface area contributed by atoms with Crippen LogP contribution in [0.25, 0.3) is 5.78 Å². The molecule has 1 N–H and O–H groups in total. The zero-order chi connectivity index (χ0) is 14.1. The monoisotopic (exact) mass is 295 g/mol. The normalized spacial score (nSPS) is 15.6. The van der Waals surface area contributed by atoms with E-state index in [4.69, 9.17) is 16.7 Å². The molecule has 2 aromatic heterocycles. The molecular formula is C13H18ClN5O. The van der Waals surface area contributed by atoms with Gasteiger partial charge in [0.15, 0.2) is 0 Å². The first-order chi connectivity index (χ1) is 9.72. The van der Waals surface area contributed by atoms with Crippen LogP contribution in [0.2, 0.25) is 5.15 Å². The average Bonchev–Trinajstić information content (AvgIpc) is 2.81. The van der Waals surface area contributed by atoms with E-state index in [1.165, 1.54) is 25.6 Å². The molecule has 0 unspecified atom stereocenters. The first-order valence-corrected chi connectivity index (χ1v) is 7.33. The summed E-state index contributed by atoms with van der Waals surface area (Å²) in [7, 11) is 0. The molecule has 1 aliphatic rings. The van der Waals surface area contributed by atoms with E-state index in [-0.39, 0.29) is 6.61 Å². The van der Waals surface area contributed by atoms with Gasteiger partial charge in [-0.25, -0.2) is 0 Å². The molecule has 0 spiro atoms. The summed E-state index contributed by atoms with van der Waals surface area (Å²) < 4.78 is 1.75. The van der Waals surface area contributed by atoms with E-state index >= 15 is 0 Å². The van der Waals surface area contributed by atoms with Crippen LogP contribution < -0.4 is 4.90 Å². The Hall–Kier alpha value is -1.40. The van der Waals surface area contributed by atoms with Crippen LogP contribution in [0, 0.1) is 6.92 Å². The Balaban J connectivity index is 2.08. The Morgan fingerprint density at radius 1 is 1.50 bits per heavy atom. The lowest BCUT2D eigenvalue weighted by Crippen LogP contribution is -2.42. The molecule has 6 nitrogen and oxygen atoms in total. The van der Waals surface area contributed by atoms with Gasteiger partial charge in [-0.1, -0.05) is 11.6 Å². The number of fused-ring (bicyclic) bond motifs is 1. The summed E-state index contributed by atoms with van der Waals surface area (Å²) in [5.74, 6) is 1.47. The standard InChI is InChI=1S/C13H18ClN5O/c1-9-11(14)17-13-15-8-16-19(13)12(9)18(6-3-7-20)10-4-2-5-10/h8,10,20H,2-7H2,1H3. The lowest BCUT2D eigenvalue weighted by atomic mass is 9.91. The van der Waals surface area contributed by atoms with Gasteiger partial charge >= 0.3 is 0 Å². The maximum Gasteiger partial charge on any atom is 0.255 e. The summed E-state index contributed by atoms with van der Waals surface area (Å²) >= 11 is 6.23. The molecule has 0 saturated heterocycles. The van der Waals surface area contributed by atoms with Gasteiger partial charge in [-0.15, -0.1) is 0 Å². The van der Waals surface area contributed by atoms with Gasteiger partial charge in [-0.2, -0.15) is 19.6 Å². The number of aliphatic hydroxyl groups excluding tert-OH is 1. The molecule has 2 aromatic rings. The molecule has 20 heavy (non-hydrogen) atoms. The highest BCUT2D eigenvalue weighted by molar-refractivity contribution is 6.30. The van der Waals surface area contributed by atoms with Gasteiger partial charge in [-0.05, 0) is 32.6 Å². The van der Waals surface area contributed by atoms with Crippen molar-refractivity contribution in [2.24, 2.45) is 0 Å². The number of aromatic nitrogens is 4. The molecule has 108 valence electrons. The minimum Gasteiger partial charge on any atom is -0.396 e. The van der Waals surface area contributed by atoms with Crippen molar-refractivity contribution >= 4 is 23.2 Å². The molecule has 0 aromatic carbocycles. The van der Waals surface area contributed by atoms with Crippen molar-refractivity contribution in [3.63, 3.8) is 0 Å². The second-order valence-corrected chi connectivity index (χ2v) is 5.54. The van der Waals surface area contributed by atoms with Crippen molar-refractivity contribution < 1.29 is 5.11 Å². The smallest absolute Gasteiger partial charge is 0.255 e. The molecule has 3 rings (SSSR count). The second-order valence-electron chi connectivity index (χ2n) is 5.18. The lowest BCUT2D eigenvalue weighted by Gasteiger charge is -2.39. The van der Waals surface area contributed by atoms with E-state index in [1.807, 2.05) is 6.92 Å². The number of halogens is 1. The Labute approximate surface area is 122 Å². The molecule has 0 amide bonds. The van der Waals surface area contributed by atoms with Crippen LogP contribution in [0.3, 0.4) is 0 Å². The minimum atomic E-state index is 0.182. The molecule has 0 aliphatic heterocycles. The van der Waals surface area contributed by atoms with Crippen LogP contribution in [0.1, 0.15) is 31.2 Å². The Morgan fingerprint density at radius 3 is 2.95 bits per heavy atom. The molecule has 2 heterocycles. The van der Waals surface area contributed by atoms with Gasteiger partial charge in [0.1, 0.15) is 17.3 Å². The zero-order valence-electron chi connectivity index (χ0n) is 11.5. The molecular weight excluding hydrogens is 278 g/mol. The second kappa shape index (κ2) is 5.54. The van der Waals surface area contributed by atoms with E-state index in [0.717, 1.165) is 24.3 Å². The largest absolute Gasteiger partial charge is 0.396 e. The highest BCUT2D eigenvalue weighted by atomic mass is 35.5. The van der Waals surface area contributed by atoms with Crippen molar-refractivity contribution in [1.82, 2.24) is 19.6 Å². The van der Waals surface area contributed by atoms with E-state index in [2.05, 4.69) is 20.0 Å². The van der Waals surface area contributed by atoms with E-state index in [9.17, 15) is 0 Å². The molecule has 1 fully saturated rings. The fourth-order valence-corrected chi connectivity index (χ4v) is 2.78. The summed E-state index contributed by atoms with van der Waals surface area (Å²) in [6.07, 6.45) is 5.80. The predicted octanol–water partition coefficient (Wildman–Crippen LogP) is 1.83. The maximum absolute atomic E-state index is 9.13. The molecule has 7 heteroatoms. The zero-order valence-corrected chi connectivity index (χ0v) is 12.2. The van der Waals surface area contributed by atoms with E-state index in [0.29, 0.717) is 17.0 Å². The summed E-state index contributed by atoms with van der Waals surface area (Å²) in [6.45, 7) is 2.93. The molecule has 1 saturated carbocycles. The van der Waals surface area contributed by atoms with Crippen LogP contribution in [0.5, 0.6) is 0 Å². The number of rotatable bonds is 5. The van der Waals surface area contributed by atoms with Gasteiger partial charge in [0.25, 0.3) is 5.78 Å². The van der Waals surface area contributed by atoms with Gasteiger partial charge < -0.3 is 10.0 Å². The topological polar surface area (TPSA) is 66.5 Å². The summed E-state index contributed by atoms with van der Waals surface area (Å²) in [5.41, 5.74) is 0.912. The Kier molecular flexibility index (Phi) is 3.76. The fraction of sp³-hybridized carbons (Fsp3) is 0.615. The third kappa shape index (κ3) is 2.23. The highest BCUT2D eigenvalue weighted by Crippen LogP contribution is 2.33. The van der Waals surface area contributed by atoms with Crippen LogP contribution in [0.15, 0.2) is 6.33 Å².